The standard InChI is InChI=1S/C18H17FN2O3/c1-20(12-13-6-8-14(9-7-13)21(23)24)17(22)18(10-11-18)15-4-2-3-5-16(15)19/h2-9H,10-12H2,1H3. The Morgan fingerprint density at radius 3 is 2.38 bits per heavy atom. The van der Waals surface area contributed by atoms with E-state index < -0.39 is 10.3 Å². The number of amides is 1. The average Bonchev–Trinajstić information content (AvgIpc) is 3.36. The van der Waals surface area contributed by atoms with Crippen molar-refractivity contribution in [1.82, 2.24) is 4.90 Å². The van der Waals surface area contributed by atoms with Crippen LogP contribution in [0.4, 0.5) is 10.1 Å². The molecule has 1 amide bonds. The molecule has 2 aromatic carbocycles. The number of rotatable bonds is 5. The minimum atomic E-state index is -0.763. The summed E-state index contributed by atoms with van der Waals surface area (Å²) in [5, 5.41) is 10.7. The number of likely N-dealkylation sites (N-methyl/N-ethyl adjacent to an activating group) is 1. The zero-order chi connectivity index (χ0) is 17.3. The van der Waals surface area contributed by atoms with Crippen molar-refractivity contribution in [2.24, 2.45) is 0 Å². The van der Waals surface area contributed by atoms with Gasteiger partial charge in [0.1, 0.15) is 5.82 Å². The Kier molecular flexibility index (Phi) is 4.05. The number of hydrogen-bond acceptors (Lipinski definition) is 3. The minimum Gasteiger partial charge on any atom is -0.341 e. The van der Waals surface area contributed by atoms with Crippen LogP contribution >= 0.6 is 0 Å². The lowest BCUT2D eigenvalue weighted by Crippen LogP contribution is -2.36. The topological polar surface area (TPSA) is 63.4 Å². The molecule has 1 saturated carbocycles. The van der Waals surface area contributed by atoms with Crippen LogP contribution < -0.4 is 0 Å². The first-order valence-electron chi connectivity index (χ1n) is 7.68. The molecule has 0 N–H and O–H groups in total. The smallest absolute Gasteiger partial charge is 0.269 e. The van der Waals surface area contributed by atoms with Gasteiger partial charge in [0.15, 0.2) is 0 Å². The molecule has 3 rings (SSSR count). The van der Waals surface area contributed by atoms with Crippen LogP contribution in [0, 0.1) is 15.9 Å². The molecule has 0 atom stereocenters. The second-order valence-electron chi connectivity index (χ2n) is 6.15. The van der Waals surface area contributed by atoms with Crippen LogP contribution in [0.1, 0.15) is 24.0 Å². The van der Waals surface area contributed by atoms with Crippen LogP contribution in [0.25, 0.3) is 0 Å². The van der Waals surface area contributed by atoms with Crippen molar-refractivity contribution in [3.8, 4) is 0 Å². The Bertz CT molecular complexity index is 785. The summed E-state index contributed by atoms with van der Waals surface area (Å²) in [7, 11) is 1.67. The van der Waals surface area contributed by atoms with Crippen molar-refractivity contribution in [2.75, 3.05) is 7.05 Å². The number of benzene rings is 2. The third-order valence-corrected chi connectivity index (χ3v) is 4.46. The van der Waals surface area contributed by atoms with Gasteiger partial charge in [-0.05, 0) is 24.5 Å². The Morgan fingerprint density at radius 1 is 1.21 bits per heavy atom. The first-order valence-corrected chi connectivity index (χ1v) is 7.68. The van der Waals surface area contributed by atoms with E-state index in [1.165, 1.54) is 18.2 Å². The van der Waals surface area contributed by atoms with Crippen LogP contribution in [0.2, 0.25) is 0 Å². The fourth-order valence-electron chi connectivity index (χ4n) is 3.01. The molecule has 0 radical (unpaired) electrons. The summed E-state index contributed by atoms with van der Waals surface area (Å²) in [5.41, 5.74) is 0.491. The maximum absolute atomic E-state index is 14.1. The molecule has 0 heterocycles. The van der Waals surface area contributed by atoms with Crippen LogP contribution in [-0.4, -0.2) is 22.8 Å². The van der Waals surface area contributed by atoms with Gasteiger partial charge in [-0.1, -0.05) is 30.3 Å². The highest BCUT2D eigenvalue weighted by atomic mass is 19.1. The second-order valence-corrected chi connectivity index (χ2v) is 6.15. The molecule has 124 valence electrons. The molecule has 2 aromatic rings. The summed E-state index contributed by atoms with van der Waals surface area (Å²) in [6.07, 6.45) is 1.27. The van der Waals surface area contributed by atoms with E-state index in [4.69, 9.17) is 0 Å². The summed E-state index contributed by atoms with van der Waals surface area (Å²) in [6, 6.07) is 12.5. The number of carbonyl (C=O) groups is 1. The zero-order valence-corrected chi connectivity index (χ0v) is 13.2. The number of non-ortho nitro benzene ring substituents is 1. The molecular formula is C18H17FN2O3. The Morgan fingerprint density at radius 2 is 1.83 bits per heavy atom. The molecule has 0 unspecified atom stereocenters. The van der Waals surface area contributed by atoms with Gasteiger partial charge in [0, 0.05) is 31.3 Å². The van der Waals surface area contributed by atoms with Crippen LogP contribution in [-0.2, 0) is 16.8 Å². The molecule has 0 aromatic heterocycles. The van der Waals surface area contributed by atoms with E-state index in [1.807, 2.05) is 0 Å². The second kappa shape index (κ2) is 6.03. The Balaban J connectivity index is 1.75. The third kappa shape index (κ3) is 2.87. The van der Waals surface area contributed by atoms with Crippen molar-refractivity contribution in [1.29, 1.82) is 0 Å². The summed E-state index contributed by atoms with van der Waals surface area (Å²) >= 11 is 0. The molecule has 1 aliphatic carbocycles. The van der Waals surface area contributed by atoms with Gasteiger partial charge in [0.05, 0.1) is 10.3 Å². The Hall–Kier alpha value is -2.76. The lowest BCUT2D eigenvalue weighted by molar-refractivity contribution is -0.384. The van der Waals surface area contributed by atoms with Crippen molar-refractivity contribution >= 4 is 11.6 Å². The number of hydrogen-bond donors (Lipinski definition) is 0. The predicted octanol–water partition coefficient (Wildman–Crippen LogP) is 3.42. The van der Waals surface area contributed by atoms with Crippen molar-refractivity contribution in [3.05, 3.63) is 75.6 Å². The minimum absolute atomic E-state index is 0.0118. The summed E-state index contributed by atoms with van der Waals surface area (Å²) < 4.78 is 14.1. The lowest BCUT2D eigenvalue weighted by atomic mass is 9.93. The SMILES string of the molecule is CN(Cc1ccc([N+](=O)[O-])cc1)C(=O)C1(c2ccccc2F)CC1. The molecule has 24 heavy (non-hydrogen) atoms. The third-order valence-electron chi connectivity index (χ3n) is 4.46. The summed E-state index contributed by atoms with van der Waals surface area (Å²) in [4.78, 5) is 24.6. The summed E-state index contributed by atoms with van der Waals surface area (Å²) in [5.74, 6) is -0.474. The molecule has 1 fully saturated rings. The van der Waals surface area contributed by atoms with Gasteiger partial charge in [0.25, 0.3) is 5.69 Å². The van der Waals surface area contributed by atoms with Gasteiger partial charge < -0.3 is 4.90 Å². The maximum atomic E-state index is 14.1. The van der Waals surface area contributed by atoms with Gasteiger partial charge in [-0.2, -0.15) is 0 Å². The molecule has 1 aliphatic rings. The first-order chi connectivity index (χ1) is 11.4. The molecule has 0 aliphatic heterocycles. The normalized spacial score (nSPS) is 14.9. The first kappa shape index (κ1) is 16.1. The van der Waals surface area contributed by atoms with Crippen molar-refractivity contribution in [2.45, 2.75) is 24.8 Å². The van der Waals surface area contributed by atoms with E-state index in [-0.39, 0.29) is 17.4 Å². The van der Waals surface area contributed by atoms with E-state index in [0.717, 1.165) is 5.56 Å². The highest BCUT2D eigenvalue weighted by Gasteiger charge is 2.53. The highest BCUT2D eigenvalue weighted by molar-refractivity contribution is 5.91. The van der Waals surface area contributed by atoms with Gasteiger partial charge in [0.2, 0.25) is 5.91 Å². The van der Waals surface area contributed by atoms with Crippen molar-refractivity contribution in [3.63, 3.8) is 0 Å². The molecule has 6 heteroatoms. The van der Waals surface area contributed by atoms with E-state index in [2.05, 4.69) is 0 Å². The summed E-state index contributed by atoms with van der Waals surface area (Å²) in [6.45, 7) is 0.326. The zero-order valence-electron chi connectivity index (χ0n) is 13.2. The van der Waals surface area contributed by atoms with Gasteiger partial charge in [-0.3, -0.25) is 14.9 Å². The number of nitro benzene ring substituents is 1. The van der Waals surface area contributed by atoms with Crippen LogP contribution in [0.5, 0.6) is 0 Å². The molecule has 0 bridgehead atoms. The molecule has 0 spiro atoms. The number of halogens is 1. The quantitative estimate of drug-likeness (QED) is 0.624. The van der Waals surface area contributed by atoms with Crippen molar-refractivity contribution < 1.29 is 14.1 Å². The van der Waals surface area contributed by atoms with Gasteiger partial charge >= 0.3 is 0 Å². The Labute approximate surface area is 138 Å². The predicted molar refractivity (Wildman–Crippen MR) is 86.9 cm³/mol. The van der Waals surface area contributed by atoms with E-state index in [0.29, 0.717) is 24.9 Å². The number of carbonyl (C=O) groups excluding carboxylic acids is 1. The van der Waals surface area contributed by atoms with E-state index in [1.54, 1.807) is 42.3 Å². The molecule has 5 nitrogen and oxygen atoms in total. The molecule has 0 saturated heterocycles. The monoisotopic (exact) mass is 328 g/mol. The van der Waals surface area contributed by atoms with Crippen LogP contribution in [0.15, 0.2) is 48.5 Å². The van der Waals surface area contributed by atoms with Gasteiger partial charge in [-0.25, -0.2) is 4.39 Å². The molecular weight excluding hydrogens is 311 g/mol. The average molecular weight is 328 g/mol. The lowest BCUT2D eigenvalue weighted by Gasteiger charge is -2.24. The van der Waals surface area contributed by atoms with Gasteiger partial charge in [-0.15, -0.1) is 0 Å². The van der Waals surface area contributed by atoms with E-state index >= 15 is 0 Å². The fourth-order valence-corrected chi connectivity index (χ4v) is 3.01. The fraction of sp³-hybridized carbons (Fsp3) is 0.278. The maximum Gasteiger partial charge on any atom is 0.269 e. The highest BCUT2D eigenvalue weighted by Crippen LogP contribution is 2.50. The van der Waals surface area contributed by atoms with E-state index in [9.17, 15) is 19.3 Å². The number of nitro groups is 1. The number of nitrogens with zero attached hydrogens (tertiary/aromatic N) is 2. The van der Waals surface area contributed by atoms with Crippen LogP contribution in [0.3, 0.4) is 0 Å². The largest absolute Gasteiger partial charge is 0.341 e.